The number of nitrogens with one attached hydrogen (secondary N) is 1. The maximum absolute atomic E-state index is 12.6. The Labute approximate surface area is 157 Å². The van der Waals surface area contributed by atoms with Crippen LogP contribution in [0.25, 0.3) is 16.9 Å². The molecule has 0 aliphatic rings. The van der Waals surface area contributed by atoms with Crippen LogP contribution in [0.4, 0.5) is 5.82 Å². The van der Waals surface area contributed by atoms with Crippen molar-refractivity contribution in [2.75, 3.05) is 5.32 Å². The lowest BCUT2D eigenvalue weighted by Gasteiger charge is -2.08. The van der Waals surface area contributed by atoms with Gasteiger partial charge in [0.1, 0.15) is 17.2 Å². The number of benzene rings is 1. The largest absolute Gasteiger partial charge is 0.310 e. The molecule has 0 aliphatic carbocycles. The Bertz CT molecular complexity index is 1090. The van der Waals surface area contributed by atoms with Crippen molar-refractivity contribution in [2.24, 2.45) is 0 Å². The molecule has 27 heavy (non-hydrogen) atoms. The molecule has 0 bridgehead atoms. The first-order valence-corrected chi connectivity index (χ1v) is 8.94. The number of carbonyl (C=O) groups is 1. The van der Waals surface area contributed by atoms with Crippen molar-refractivity contribution < 1.29 is 4.79 Å². The van der Waals surface area contributed by atoms with Gasteiger partial charge >= 0.3 is 0 Å². The summed E-state index contributed by atoms with van der Waals surface area (Å²) >= 11 is 0. The third kappa shape index (κ3) is 3.46. The molecular weight excluding hydrogens is 338 g/mol. The quantitative estimate of drug-likeness (QED) is 0.589. The summed E-state index contributed by atoms with van der Waals surface area (Å²) in [4.78, 5) is 17.4. The molecule has 0 aliphatic heterocycles. The number of fused-ring (bicyclic) bond motifs is 1. The van der Waals surface area contributed by atoms with Crippen LogP contribution < -0.4 is 5.32 Å². The molecule has 0 saturated carbocycles. The fourth-order valence-corrected chi connectivity index (χ4v) is 3.12. The Morgan fingerprint density at radius 1 is 1.11 bits per heavy atom. The number of nitrogens with zero attached hydrogens (tertiary/aromatic N) is 4. The predicted molar refractivity (Wildman–Crippen MR) is 106 cm³/mol. The highest BCUT2D eigenvalue weighted by atomic mass is 16.1. The number of imidazole rings is 1. The molecule has 1 aromatic carbocycles. The maximum Gasteiger partial charge on any atom is 0.227 e. The molecule has 6 heteroatoms. The number of anilines is 1. The second kappa shape index (κ2) is 7.07. The Kier molecular flexibility index (Phi) is 4.46. The highest BCUT2D eigenvalue weighted by Gasteiger charge is 2.17. The van der Waals surface area contributed by atoms with Gasteiger partial charge in [0, 0.05) is 30.9 Å². The van der Waals surface area contributed by atoms with E-state index >= 15 is 0 Å². The molecule has 0 radical (unpaired) electrons. The lowest BCUT2D eigenvalue weighted by atomic mass is 10.1. The lowest BCUT2D eigenvalue weighted by molar-refractivity contribution is -0.116. The number of rotatable bonds is 5. The molecule has 4 aromatic rings. The predicted octanol–water partition coefficient (Wildman–Crippen LogP) is 3.84. The zero-order valence-corrected chi connectivity index (χ0v) is 15.4. The summed E-state index contributed by atoms with van der Waals surface area (Å²) in [6.45, 7) is 4.54. The first-order chi connectivity index (χ1) is 13.1. The summed E-state index contributed by atoms with van der Waals surface area (Å²) in [6.07, 6.45) is 5.99. The second-order valence-corrected chi connectivity index (χ2v) is 6.64. The number of hydrogen-bond acceptors (Lipinski definition) is 3. The van der Waals surface area contributed by atoms with Gasteiger partial charge in [-0.2, -0.15) is 5.10 Å². The second-order valence-electron chi connectivity index (χ2n) is 6.64. The Hall–Kier alpha value is -3.41. The summed E-state index contributed by atoms with van der Waals surface area (Å²) in [5, 5.41) is 7.29. The van der Waals surface area contributed by atoms with Crippen LogP contribution in [0.5, 0.6) is 0 Å². The summed E-state index contributed by atoms with van der Waals surface area (Å²) in [6, 6.07) is 13.9. The Balaban J connectivity index is 1.65. The zero-order chi connectivity index (χ0) is 18.8. The zero-order valence-electron chi connectivity index (χ0n) is 15.4. The molecule has 3 heterocycles. The van der Waals surface area contributed by atoms with Crippen LogP contribution in [0.3, 0.4) is 0 Å². The van der Waals surface area contributed by atoms with Crippen molar-refractivity contribution in [3.05, 3.63) is 72.2 Å². The van der Waals surface area contributed by atoms with Gasteiger partial charge in [0.05, 0.1) is 6.20 Å². The number of hydrogen-bond donors (Lipinski definition) is 1. The number of aryl methyl sites for hydroxylation is 3. The standard InChI is InChI=1S/C21H21N5O/c1-15-13-22-25(14-15)12-10-18(27)23-21-19(17-8-4-3-5-9-17)24-20-16(2)7-6-11-26(20)21/h3-9,11,13-14H,10,12H2,1-2H3,(H,23,27). The van der Waals surface area contributed by atoms with E-state index in [0.29, 0.717) is 18.8 Å². The van der Waals surface area contributed by atoms with Crippen LogP contribution in [-0.2, 0) is 11.3 Å². The molecule has 1 amide bonds. The fraction of sp³-hybridized carbons (Fsp3) is 0.190. The van der Waals surface area contributed by atoms with Crippen molar-refractivity contribution >= 4 is 17.4 Å². The highest BCUT2D eigenvalue weighted by molar-refractivity contribution is 5.94. The average molecular weight is 359 g/mol. The molecule has 3 aromatic heterocycles. The van der Waals surface area contributed by atoms with Gasteiger partial charge in [0.15, 0.2) is 0 Å². The molecule has 0 fully saturated rings. The SMILES string of the molecule is Cc1cnn(CCC(=O)Nc2c(-c3ccccc3)nc3c(C)cccn23)c1. The molecule has 6 nitrogen and oxygen atoms in total. The van der Waals surface area contributed by atoms with Crippen molar-refractivity contribution in [1.82, 2.24) is 19.2 Å². The molecule has 4 rings (SSSR count). The van der Waals surface area contributed by atoms with E-state index in [1.54, 1.807) is 10.9 Å². The van der Waals surface area contributed by atoms with Crippen LogP contribution in [0.1, 0.15) is 17.5 Å². The number of carbonyl (C=O) groups excluding carboxylic acids is 1. The van der Waals surface area contributed by atoms with Gasteiger partial charge in [-0.25, -0.2) is 4.98 Å². The lowest BCUT2D eigenvalue weighted by Crippen LogP contribution is -2.16. The smallest absolute Gasteiger partial charge is 0.227 e. The van der Waals surface area contributed by atoms with Crippen LogP contribution in [0.2, 0.25) is 0 Å². The molecule has 1 N–H and O–H groups in total. The average Bonchev–Trinajstić information content (AvgIpc) is 3.26. The van der Waals surface area contributed by atoms with Gasteiger partial charge in [0.25, 0.3) is 0 Å². The van der Waals surface area contributed by atoms with E-state index in [9.17, 15) is 4.79 Å². The normalized spacial score (nSPS) is 11.0. The van der Waals surface area contributed by atoms with E-state index in [-0.39, 0.29) is 5.91 Å². The summed E-state index contributed by atoms with van der Waals surface area (Å²) in [7, 11) is 0. The first-order valence-electron chi connectivity index (χ1n) is 8.94. The topological polar surface area (TPSA) is 64.2 Å². The van der Waals surface area contributed by atoms with Gasteiger partial charge in [-0.05, 0) is 31.0 Å². The van der Waals surface area contributed by atoms with Gasteiger partial charge in [-0.3, -0.25) is 13.9 Å². The van der Waals surface area contributed by atoms with E-state index in [4.69, 9.17) is 4.98 Å². The monoisotopic (exact) mass is 359 g/mol. The number of aromatic nitrogens is 4. The highest BCUT2D eigenvalue weighted by Crippen LogP contribution is 2.29. The van der Waals surface area contributed by atoms with Gasteiger partial charge in [0.2, 0.25) is 5.91 Å². The molecular formula is C21H21N5O. The third-order valence-corrected chi connectivity index (χ3v) is 4.48. The van der Waals surface area contributed by atoms with Gasteiger partial charge < -0.3 is 5.32 Å². The van der Waals surface area contributed by atoms with Crippen LogP contribution >= 0.6 is 0 Å². The molecule has 0 atom stereocenters. The van der Waals surface area contributed by atoms with E-state index in [1.165, 1.54) is 0 Å². The van der Waals surface area contributed by atoms with E-state index < -0.39 is 0 Å². The molecule has 0 saturated heterocycles. The van der Waals surface area contributed by atoms with Crippen LogP contribution in [0.15, 0.2) is 61.1 Å². The van der Waals surface area contributed by atoms with Crippen molar-refractivity contribution in [3.63, 3.8) is 0 Å². The molecule has 136 valence electrons. The van der Waals surface area contributed by atoms with Crippen LogP contribution in [0, 0.1) is 13.8 Å². The van der Waals surface area contributed by atoms with Gasteiger partial charge in [-0.15, -0.1) is 0 Å². The summed E-state index contributed by atoms with van der Waals surface area (Å²) in [5.41, 5.74) is 4.72. The molecule has 0 spiro atoms. The Morgan fingerprint density at radius 3 is 2.67 bits per heavy atom. The van der Waals surface area contributed by atoms with Crippen molar-refractivity contribution in [2.45, 2.75) is 26.8 Å². The fourth-order valence-electron chi connectivity index (χ4n) is 3.12. The molecule has 0 unspecified atom stereocenters. The Morgan fingerprint density at radius 2 is 1.93 bits per heavy atom. The first kappa shape index (κ1) is 17.0. The van der Waals surface area contributed by atoms with E-state index in [1.807, 2.05) is 73.1 Å². The van der Waals surface area contributed by atoms with Crippen molar-refractivity contribution in [1.29, 1.82) is 0 Å². The minimum Gasteiger partial charge on any atom is -0.310 e. The van der Waals surface area contributed by atoms with Gasteiger partial charge in [-0.1, -0.05) is 36.4 Å². The maximum atomic E-state index is 12.6. The minimum atomic E-state index is -0.0661. The third-order valence-electron chi connectivity index (χ3n) is 4.48. The summed E-state index contributed by atoms with van der Waals surface area (Å²) < 4.78 is 3.72. The number of pyridine rings is 1. The minimum absolute atomic E-state index is 0.0661. The van der Waals surface area contributed by atoms with E-state index in [0.717, 1.165) is 28.0 Å². The van der Waals surface area contributed by atoms with Crippen LogP contribution in [-0.4, -0.2) is 25.1 Å². The number of amides is 1. The van der Waals surface area contributed by atoms with E-state index in [2.05, 4.69) is 10.4 Å². The summed E-state index contributed by atoms with van der Waals surface area (Å²) in [5.74, 6) is 0.630. The van der Waals surface area contributed by atoms with Crippen molar-refractivity contribution in [3.8, 4) is 11.3 Å².